The Hall–Kier alpha value is -3.44. The van der Waals surface area contributed by atoms with E-state index in [9.17, 15) is 14.7 Å². The van der Waals surface area contributed by atoms with E-state index in [0.29, 0.717) is 23.0 Å². The quantitative estimate of drug-likeness (QED) is 0.277. The summed E-state index contributed by atoms with van der Waals surface area (Å²) in [5.41, 5.74) is 2.50. The molecule has 1 unspecified atom stereocenters. The maximum absolute atomic E-state index is 12.2. The summed E-state index contributed by atoms with van der Waals surface area (Å²) in [6.45, 7) is 6.40. The highest BCUT2D eigenvalue weighted by molar-refractivity contribution is 7.15. The molecule has 10 nitrogen and oxygen atoms in total. The summed E-state index contributed by atoms with van der Waals surface area (Å²) in [5, 5.41) is 21.9. The molecule has 1 saturated heterocycles. The zero-order chi connectivity index (χ0) is 28.2. The van der Waals surface area contributed by atoms with Crippen LogP contribution < -0.4 is 10.6 Å². The van der Waals surface area contributed by atoms with E-state index in [0.717, 1.165) is 67.1 Å². The topological polar surface area (TPSA) is 128 Å². The Morgan fingerprint density at radius 3 is 2.65 bits per heavy atom. The maximum atomic E-state index is 12.2. The number of nitrogens with one attached hydrogen (secondary N) is 2. The van der Waals surface area contributed by atoms with Gasteiger partial charge in [-0.25, -0.2) is 19.3 Å². The van der Waals surface area contributed by atoms with Gasteiger partial charge in [-0.1, -0.05) is 6.07 Å². The van der Waals surface area contributed by atoms with E-state index in [1.807, 2.05) is 43.7 Å². The van der Waals surface area contributed by atoms with Crippen molar-refractivity contribution in [2.24, 2.45) is 0 Å². The molecule has 2 aliphatic rings. The molecule has 1 aliphatic heterocycles. The molecular weight excluding hydrogens is 530 g/mol. The molecule has 1 aliphatic carbocycles. The fraction of sp³-hybridized carbons (Fsp3) is 0.517. The van der Waals surface area contributed by atoms with Gasteiger partial charge in [-0.05, 0) is 77.8 Å². The lowest BCUT2D eigenvalue weighted by Crippen LogP contribution is -2.38. The number of rotatable bonds is 8. The van der Waals surface area contributed by atoms with Crippen LogP contribution in [0.3, 0.4) is 0 Å². The standard InChI is InChI=1S/C29H37N5O5S/c1-17(2)39-29(37)32-20-9-7-19(8-10-20)27-30-16-24(40-27)22-12-11-21(15-23(22)28(35)36)31-25-14-18(3)34(33-25)26-6-4-5-13-38-26/h11-12,14-17,19-20,26H,4-10,13H2,1-3H3,(H,31,33)(H,32,37)(H,35,36). The number of aromatic carboxylic acids is 1. The van der Waals surface area contributed by atoms with Crippen LogP contribution in [0.4, 0.5) is 16.3 Å². The van der Waals surface area contributed by atoms with E-state index in [4.69, 9.17) is 9.47 Å². The number of thiazole rings is 1. The van der Waals surface area contributed by atoms with Gasteiger partial charge in [0.25, 0.3) is 0 Å². The van der Waals surface area contributed by atoms with Crippen LogP contribution in [0.25, 0.3) is 10.4 Å². The van der Waals surface area contributed by atoms with Gasteiger partial charge < -0.3 is 25.2 Å². The number of alkyl carbamates (subject to hydrolysis) is 1. The molecule has 3 aromatic rings. The lowest BCUT2D eigenvalue weighted by molar-refractivity contribution is -0.0404. The second kappa shape index (κ2) is 12.4. The molecule has 0 bridgehead atoms. The van der Waals surface area contributed by atoms with Crippen LogP contribution >= 0.6 is 11.3 Å². The number of ether oxygens (including phenoxy) is 2. The van der Waals surface area contributed by atoms with Gasteiger partial charge in [0.05, 0.1) is 21.6 Å². The monoisotopic (exact) mass is 567 g/mol. The van der Waals surface area contributed by atoms with E-state index in [-0.39, 0.29) is 30.0 Å². The summed E-state index contributed by atoms with van der Waals surface area (Å²) < 4.78 is 13.0. The molecule has 214 valence electrons. The smallest absolute Gasteiger partial charge is 0.407 e. The summed E-state index contributed by atoms with van der Waals surface area (Å²) in [4.78, 5) is 29.7. The van der Waals surface area contributed by atoms with Gasteiger partial charge in [0.15, 0.2) is 12.0 Å². The van der Waals surface area contributed by atoms with Crippen molar-refractivity contribution in [2.45, 2.75) is 90.0 Å². The SMILES string of the molecule is Cc1cc(Nc2ccc(-c3cnc(C4CCC(NC(=O)OC(C)C)CC4)s3)c(C(=O)O)c2)nn1C1CCCCO1. The zero-order valence-electron chi connectivity index (χ0n) is 23.2. The van der Waals surface area contributed by atoms with Crippen molar-refractivity contribution in [2.75, 3.05) is 11.9 Å². The molecule has 11 heteroatoms. The van der Waals surface area contributed by atoms with E-state index in [2.05, 4.69) is 20.7 Å². The van der Waals surface area contributed by atoms with Crippen LogP contribution in [-0.2, 0) is 9.47 Å². The number of aromatic nitrogens is 3. The van der Waals surface area contributed by atoms with Crippen LogP contribution in [0.1, 0.15) is 92.0 Å². The summed E-state index contributed by atoms with van der Waals surface area (Å²) in [6.07, 6.45) is 7.85. The minimum absolute atomic E-state index is 0.0607. The lowest BCUT2D eigenvalue weighted by Gasteiger charge is -2.28. The van der Waals surface area contributed by atoms with Crippen molar-refractivity contribution >= 4 is 34.9 Å². The molecule has 0 spiro atoms. The highest BCUT2D eigenvalue weighted by Gasteiger charge is 2.27. The summed E-state index contributed by atoms with van der Waals surface area (Å²) in [5.74, 6) is -0.0530. The number of anilines is 2. The Labute approximate surface area is 238 Å². The van der Waals surface area contributed by atoms with Crippen LogP contribution in [0, 0.1) is 6.92 Å². The molecule has 5 rings (SSSR count). The fourth-order valence-electron chi connectivity index (χ4n) is 5.42. The maximum Gasteiger partial charge on any atom is 0.407 e. The first-order valence-corrected chi connectivity index (χ1v) is 14.8. The third-order valence-electron chi connectivity index (χ3n) is 7.40. The van der Waals surface area contributed by atoms with Gasteiger partial charge in [0.2, 0.25) is 0 Å². The Bertz CT molecular complexity index is 1340. The normalized spacial score (nSPS) is 21.2. The average Bonchev–Trinajstić information content (AvgIpc) is 3.56. The second-order valence-corrected chi connectivity index (χ2v) is 11.9. The lowest BCUT2D eigenvalue weighted by atomic mass is 9.86. The number of carbonyl (C=O) groups excluding carboxylic acids is 1. The largest absolute Gasteiger partial charge is 0.478 e. The first-order chi connectivity index (χ1) is 19.3. The average molecular weight is 568 g/mol. The van der Waals surface area contributed by atoms with Crippen LogP contribution in [0.5, 0.6) is 0 Å². The Morgan fingerprint density at radius 1 is 1.15 bits per heavy atom. The molecular formula is C29H37N5O5S. The predicted molar refractivity (Wildman–Crippen MR) is 153 cm³/mol. The number of carboxylic acid groups (broad SMARTS) is 1. The molecule has 1 aromatic carbocycles. The molecule has 2 aromatic heterocycles. The van der Waals surface area contributed by atoms with E-state index >= 15 is 0 Å². The van der Waals surface area contributed by atoms with Gasteiger partial charge in [0, 0.05) is 47.8 Å². The molecule has 2 fully saturated rings. The van der Waals surface area contributed by atoms with Gasteiger partial charge in [-0.3, -0.25) is 0 Å². The number of carboxylic acids is 1. The van der Waals surface area contributed by atoms with Crippen LogP contribution in [-0.4, -0.2) is 50.7 Å². The van der Waals surface area contributed by atoms with Gasteiger partial charge >= 0.3 is 12.1 Å². The summed E-state index contributed by atoms with van der Waals surface area (Å²) in [6, 6.07) is 7.40. The van der Waals surface area contributed by atoms with Crippen LogP contribution in [0.15, 0.2) is 30.5 Å². The Morgan fingerprint density at radius 2 is 1.95 bits per heavy atom. The molecule has 1 saturated carbocycles. The number of hydrogen-bond donors (Lipinski definition) is 3. The highest BCUT2D eigenvalue weighted by Crippen LogP contribution is 2.39. The molecule has 1 amide bonds. The van der Waals surface area contributed by atoms with Gasteiger partial charge in [-0.15, -0.1) is 11.3 Å². The summed E-state index contributed by atoms with van der Waals surface area (Å²) in [7, 11) is 0. The van der Waals surface area contributed by atoms with Crippen molar-refractivity contribution in [3.8, 4) is 10.4 Å². The van der Waals surface area contributed by atoms with E-state index in [1.165, 1.54) is 0 Å². The van der Waals surface area contributed by atoms with Crippen molar-refractivity contribution in [1.82, 2.24) is 20.1 Å². The zero-order valence-corrected chi connectivity index (χ0v) is 24.0. The number of aryl methyl sites for hydroxylation is 1. The molecule has 3 N–H and O–H groups in total. The first-order valence-electron chi connectivity index (χ1n) is 14.0. The predicted octanol–water partition coefficient (Wildman–Crippen LogP) is 6.62. The van der Waals surface area contributed by atoms with Crippen molar-refractivity contribution in [3.05, 3.63) is 46.7 Å². The molecule has 3 heterocycles. The number of hydrogen-bond acceptors (Lipinski definition) is 8. The fourth-order valence-corrected chi connectivity index (χ4v) is 6.55. The van der Waals surface area contributed by atoms with Gasteiger partial charge in [0.1, 0.15) is 0 Å². The van der Waals surface area contributed by atoms with Crippen molar-refractivity contribution in [3.63, 3.8) is 0 Å². The van der Waals surface area contributed by atoms with E-state index < -0.39 is 5.97 Å². The van der Waals surface area contributed by atoms with Gasteiger partial charge in [-0.2, -0.15) is 5.10 Å². The number of benzene rings is 1. The third kappa shape index (κ3) is 6.64. The minimum atomic E-state index is -0.995. The first kappa shape index (κ1) is 28.1. The third-order valence-corrected chi connectivity index (χ3v) is 8.60. The number of amides is 1. The Balaban J connectivity index is 1.25. The number of carbonyl (C=O) groups is 2. The van der Waals surface area contributed by atoms with E-state index in [1.54, 1.807) is 23.6 Å². The number of nitrogens with zero attached hydrogens (tertiary/aromatic N) is 3. The highest BCUT2D eigenvalue weighted by atomic mass is 32.1. The Kier molecular flexibility index (Phi) is 8.70. The van der Waals surface area contributed by atoms with Crippen LogP contribution in [0.2, 0.25) is 0 Å². The molecule has 0 radical (unpaired) electrons. The van der Waals surface area contributed by atoms with Crippen molar-refractivity contribution in [1.29, 1.82) is 0 Å². The molecule has 40 heavy (non-hydrogen) atoms. The minimum Gasteiger partial charge on any atom is -0.478 e. The second-order valence-electron chi connectivity index (χ2n) is 10.8. The van der Waals surface area contributed by atoms with Crippen molar-refractivity contribution < 1.29 is 24.2 Å². The molecule has 1 atom stereocenters. The summed E-state index contributed by atoms with van der Waals surface area (Å²) >= 11 is 1.54.